The Balaban J connectivity index is 1.99. The normalized spacial score (nSPS) is 13.8. The Bertz CT molecular complexity index is 776. The maximum absolute atomic E-state index is 13.4. The van der Waals surface area contributed by atoms with Gasteiger partial charge in [-0.05, 0) is 35.9 Å². The van der Waals surface area contributed by atoms with Crippen molar-refractivity contribution in [3.05, 3.63) is 63.4 Å². The van der Waals surface area contributed by atoms with E-state index < -0.39 is 17.5 Å². The van der Waals surface area contributed by atoms with Crippen LogP contribution in [0.2, 0.25) is 10.0 Å². The highest BCUT2D eigenvalue weighted by molar-refractivity contribution is 6.52. The van der Waals surface area contributed by atoms with E-state index >= 15 is 0 Å². The summed E-state index contributed by atoms with van der Waals surface area (Å²) in [6, 6.07) is 8.57. The van der Waals surface area contributed by atoms with Crippen LogP contribution in [0.3, 0.4) is 0 Å². The fourth-order valence-electron chi connectivity index (χ4n) is 2.24. The van der Waals surface area contributed by atoms with Crippen LogP contribution in [-0.2, 0) is 11.3 Å². The Morgan fingerprint density at radius 2 is 1.76 bits per heavy atom. The van der Waals surface area contributed by atoms with E-state index in [0.717, 1.165) is 6.07 Å². The molecule has 1 aliphatic rings. The van der Waals surface area contributed by atoms with Crippen LogP contribution in [0.4, 0.5) is 10.1 Å². The number of hydrogen-bond acceptors (Lipinski definition) is 2. The average Bonchev–Trinajstić information content (AvgIpc) is 2.68. The van der Waals surface area contributed by atoms with Gasteiger partial charge in [0.25, 0.3) is 11.7 Å². The second-order valence-electron chi connectivity index (χ2n) is 4.63. The third-order valence-electron chi connectivity index (χ3n) is 3.26. The van der Waals surface area contributed by atoms with Crippen LogP contribution in [0.5, 0.6) is 0 Å². The number of carbonyl (C=O) groups excluding carboxylic acids is 2. The minimum Gasteiger partial charge on any atom is -0.300 e. The summed E-state index contributed by atoms with van der Waals surface area (Å²) in [7, 11) is 0. The molecule has 0 radical (unpaired) electrons. The van der Waals surface area contributed by atoms with Crippen LogP contribution in [0.15, 0.2) is 36.4 Å². The van der Waals surface area contributed by atoms with E-state index in [1.807, 2.05) is 0 Å². The highest BCUT2D eigenvalue weighted by atomic mass is 35.5. The third-order valence-corrected chi connectivity index (χ3v) is 4.00. The van der Waals surface area contributed by atoms with Gasteiger partial charge in [0.15, 0.2) is 0 Å². The Labute approximate surface area is 129 Å². The Morgan fingerprint density at radius 3 is 2.48 bits per heavy atom. The van der Waals surface area contributed by atoms with Crippen LogP contribution < -0.4 is 4.90 Å². The van der Waals surface area contributed by atoms with Crippen molar-refractivity contribution in [3.8, 4) is 0 Å². The van der Waals surface area contributed by atoms with Crippen molar-refractivity contribution in [1.82, 2.24) is 0 Å². The van der Waals surface area contributed by atoms with Gasteiger partial charge < -0.3 is 4.90 Å². The summed E-state index contributed by atoms with van der Waals surface area (Å²) < 4.78 is 13.4. The molecule has 6 heteroatoms. The van der Waals surface area contributed by atoms with Gasteiger partial charge in [0.1, 0.15) is 5.82 Å². The second-order valence-corrected chi connectivity index (χ2v) is 5.44. The first-order chi connectivity index (χ1) is 9.97. The van der Waals surface area contributed by atoms with E-state index in [0.29, 0.717) is 15.6 Å². The Kier molecular flexibility index (Phi) is 3.43. The molecule has 0 fully saturated rings. The molecule has 0 aliphatic carbocycles. The Morgan fingerprint density at radius 1 is 1.00 bits per heavy atom. The van der Waals surface area contributed by atoms with E-state index in [1.54, 1.807) is 18.2 Å². The molecule has 106 valence electrons. The molecule has 0 N–H and O–H groups in total. The quantitative estimate of drug-likeness (QED) is 0.787. The van der Waals surface area contributed by atoms with E-state index in [9.17, 15) is 14.0 Å². The Hall–Kier alpha value is -1.91. The molecular formula is C15H8Cl2FNO2. The summed E-state index contributed by atoms with van der Waals surface area (Å²) >= 11 is 11.8. The summed E-state index contributed by atoms with van der Waals surface area (Å²) in [5.41, 5.74) is 1.18. The summed E-state index contributed by atoms with van der Waals surface area (Å²) in [5.74, 6) is -1.82. The van der Waals surface area contributed by atoms with Crippen molar-refractivity contribution in [1.29, 1.82) is 0 Å². The lowest BCUT2D eigenvalue weighted by molar-refractivity contribution is -0.114. The van der Waals surface area contributed by atoms with Gasteiger partial charge in [0.2, 0.25) is 0 Å². The van der Waals surface area contributed by atoms with Crippen molar-refractivity contribution < 1.29 is 14.0 Å². The number of Topliss-reactive ketones (excluding diaryl/α,β-unsaturated/α-hetero) is 1. The molecule has 2 aromatic carbocycles. The van der Waals surface area contributed by atoms with Crippen LogP contribution in [0, 0.1) is 5.82 Å². The molecule has 0 aromatic heterocycles. The number of nitrogens with zero attached hydrogens (tertiary/aromatic N) is 1. The van der Waals surface area contributed by atoms with E-state index in [-0.39, 0.29) is 17.8 Å². The molecule has 2 aromatic rings. The highest BCUT2D eigenvalue weighted by Crippen LogP contribution is 2.32. The van der Waals surface area contributed by atoms with Crippen molar-refractivity contribution in [2.24, 2.45) is 0 Å². The summed E-state index contributed by atoms with van der Waals surface area (Å²) in [6.45, 7) is 0.123. The number of carbonyl (C=O) groups is 2. The van der Waals surface area contributed by atoms with Gasteiger partial charge >= 0.3 is 0 Å². The number of amides is 1. The maximum Gasteiger partial charge on any atom is 0.299 e. The standard InChI is InChI=1S/C15H8Cl2FNO2/c16-11-4-1-8(5-12(11)17)7-19-13-6-9(18)2-3-10(13)14(20)15(19)21/h1-6H,7H2. The largest absolute Gasteiger partial charge is 0.300 e. The first kappa shape index (κ1) is 14.0. The molecule has 0 bridgehead atoms. The number of ketones is 1. The number of anilines is 1. The minimum atomic E-state index is -0.679. The number of benzene rings is 2. The number of fused-ring (bicyclic) bond motifs is 1. The monoisotopic (exact) mass is 323 g/mol. The molecule has 0 unspecified atom stereocenters. The first-order valence-electron chi connectivity index (χ1n) is 6.07. The molecule has 1 aliphatic heterocycles. The smallest absolute Gasteiger partial charge is 0.299 e. The van der Waals surface area contributed by atoms with E-state index in [1.165, 1.54) is 17.0 Å². The van der Waals surface area contributed by atoms with Gasteiger partial charge in [0, 0.05) is 0 Å². The number of hydrogen-bond donors (Lipinski definition) is 0. The van der Waals surface area contributed by atoms with Gasteiger partial charge in [-0.25, -0.2) is 4.39 Å². The minimum absolute atomic E-state index is 0.123. The van der Waals surface area contributed by atoms with Gasteiger partial charge in [-0.2, -0.15) is 0 Å². The van der Waals surface area contributed by atoms with Gasteiger partial charge in [-0.3, -0.25) is 9.59 Å². The molecule has 3 rings (SSSR count). The zero-order valence-electron chi connectivity index (χ0n) is 10.6. The maximum atomic E-state index is 13.4. The molecule has 0 spiro atoms. The van der Waals surface area contributed by atoms with Crippen LogP contribution in [0.1, 0.15) is 15.9 Å². The average molecular weight is 324 g/mol. The molecule has 3 nitrogen and oxygen atoms in total. The zero-order valence-corrected chi connectivity index (χ0v) is 12.1. The lowest BCUT2D eigenvalue weighted by Crippen LogP contribution is -2.29. The number of rotatable bonds is 2. The van der Waals surface area contributed by atoms with Crippen LogP contribution in [-0.4, -0.2) is 11.7 Å². The summed E-state index contributed by atoms with van der Waals surface area (Å²) in [4.78, 5) is 25.1. The lowest BCUT2D eigenvalue weighted by Gasteiger charge is -2.17. The van der Waals surface area contributed by atoms with E-state index in [2.05, 4.69) is 0 Å². The predicted octanol–water partition coefficient (Wildman–Crippen LogP) is 3.86. The van der Waals surface area contributed by atoms with Crippen molar-refractivity contribution in [3.63, 3.8) is 0 Å². The fourth-order valence-corrected chi connectivity index (χ4v) is 2.57. The SMILES string of the molecule is O=C1C(=O)N(Cc2ccc(Cl)c(Cl)c2)c2cc(F)ccc21. The van der Waals surface area contributed by atoms with Gasteiger partial charge in [-0.1, -0.05) is 29.3 Å². The first-order valence-corrected chi connectivity index (χ1v) is 6.82. The predicted molar refractivity (Wildman–Crippen MR) is 78.4 cm³/mol. The molecule has 0 saturated heterocycles. The van der Waals surface area contributed by atoms with Gasteiger partial charge in [0.05, 0.1) is 27.8 Å². The van der Waals surface area contributed by atoms with Crippen molar-refractivity contribution in [2.75, 3.05) is 4.90 Å². The number of halogens is 3. The fraction of sp³-hybridized carbons (Fsp3) is 0.0667. The molecular weight excluding hydrogens is 316 g/mol. The molecule has 0 atom stereocenters. The van der Waals surface area contributed by atoms with Crippen molar-refractivity contribution in [2.45, 2.75) is 6.54 Å². The topological polar surface area (TPSA) is 37.4 Å². The van der Waals surface area contributed by atoms with Gasteiger partial charge in [-0.15, -0.1) is 0 Å². The van der Waals surface area contributed by atoms with Crippen LogP contribution in [0.25, 0.3) is 0 Å². The third kappa shape index (κ3) is 2.41. The molecule has 1 heterocycles. The van der Waals surface area contributed by atoms with Crippen LogP contribution >= 0.6 is 23.2 Å². The highest BCUT2D eigenvalue weighted by Gasteiger charge is 2.35. The second kappa shape index (κ2) is 5.13. The van der Waals surface area contributed by atoms with E-state index in [4.69, 9.17) is 23.2 Å². The zero-order chi connectivity index (χ0) is 15.1. The lowest BCUT2D eigenvalue weighted by atomic mass is 10.1. The van der Waals surface area contributed by atoms with Crippen molar-refractivity contribution >= 4 is 40.6 Å². The molecule has 0 saturated carbocycles. The molecule has 1 amide bonds. The summed E-state index contributed by atoms with van der Waals surface area (Å²) in [5, 5.41) is 0.752. The molecule has 21 heavy (non-hydrogen) atoms. The summed E-state index contributed by atoms with van der Waals surface area (Å²) in [6.07, 6.45) is 0.